The molecule has 9 fully saturated rings. The van der Waals surface area contributed by atoms with E-state index < -0.39 is 25.8 Å². The fourth-order valence-electron chi connectivity index (χ4n) is 13.4. The first-order valence-electron chi connectivity index (χ1n) is 33.8. The standard InChI is InChI=1S/3C21H39O3P.CO.Ni/c3*1-2-8-14-19(13-7-1)22-25(23-20-15-9-3-4-10-16-20)24-21-17-11-5-6-12-18-21;1-2;/h3*19-21H,1-18H2;;. The summed E-state index contributed by atoms with van der Waals surface area (Å²) in [6.45, 7) is 4.50. The molecule has 9 aliphatic rings. The Balaban J connectivity index is 0.000000211. The molecule has 0 aromatic rings. The molecule has 78 heavy (non-hydrogen) atoms. The van der Waals surface area contributed by atoms with Gasteiger partial charge in [-0.25, -0.2) is 0 Å². The number of carbonyl (C=O) groups excluding carboxylic acids is 1. The molecule has 0 N–H and O–H groups in total. The summed E-state index contributed by atoms with van der Waals surface area (Å²) in [6.07, 6.45) is 72.9. The van der Waals surface area contributed by atoms with Crippen LogP contribution in [0.1, 0.15) is 347 Å². The van der Waals surface area contributed by atoms with Gasteiger partial charge in [-0.15, -0.1) is 0 Å². The van der Waals surface area contributed by atoms with Gasteiger partial charge in [0.05, 0.1) is 54.9 Å². The maximum atomic E-state index is 7.50. The second-order valence-corrected chi connectivity index (χ2v) is 28.4. The minimum absolute atomic E-state index is 0. The molecule has 0 spiro atoms. The SMILES string of the molecule is C1CCCC(OP(OC2CCCCCC2)OC2CCCCCC2)CC1.C1CCCC(OP(OC2CCCCCC2)OC2CCCCCC2)CC1.C1CCCC(OP(OC2CCCCCC2)OC2CCCCCC2)CC1.[C]=O.[Ni]. The van der Waals surface area contributed by atoms with Gasteiger partial charge >= 0.3 is 25.8 Å². The van der Waals surface area contributed by atoms with Crippen molar-refractivity contribution in [2.75, 3.05) is 0 Å². The molecule has 10 nitrogen and oxygen atoms in total. The molecule has 0 bridgehead atoms. The zero-order chi connectivity index (χ0) is 53.5. The minimum atomic E-state index is -1.16. The van der Waals surface area contributed by atoms with Gasteiger partial charge in [-0.3, -0.25) is 4.79 Å². The van der Waals surface area contributed by atoms with Crippen LogP contribution in [0.4, 0.5) is 0 Å². The predicted molar refractivity (Wildman–Crippen MR) is 320 cm³/mol. The maximum Gasteiger partial charge on any atom is 0.333 e. The fourth-order valence-corrected chi connectivity index (χ4v) is 18.0. The van der Waals surface area contributed by atoms with Crippen molar-refractivity contribution in [1.82, 2.24) is 0 Å². The molecule has 0 saturated heterocycles. The van der Waals surface area contributed by atoms with Crippen LogP contribution < -0.4 is 0 Å². The summed E-state index contributed by atoms with van der Waals surface area (Å²) >= 11 is 0. The zero-order valence-corrected chi connectivity index (χ0v) is 53.3. The van der Waals surface area contributed by atoms with Gasteiger partial charge in [0.1, 0.15) is 0 Å². The Morgan fingerprint density at radius 1 is 0.167 bits per heavy atom. The van der Waals surface area contributed by atoms with Gasteiger partial charge in [0, 0.05) is 16.5 Å². The van der Waals surface area contributed by atoms with Gasteiger partial charge in [0.15, 0.2) is 0 Å². The summed E-state index contributed by atoms with van der Waals surface area (Å²) in [5, 5.41) is 0. The number of rotatable bonds is 18. The first-order valence-corrected chi connectivity index (χ1v) is 37.1. The van der Waals surface area contributed by atoms with Crippen LogP contribution in [0, 0.1) is 0 Å². The van der Waals surface area contributed by atoms with Crippen LogP contribution in [0.2, 0.25) is 0 Å². The van der Waals surface area contributed by atoms with Gasteiger partial charge in [-0.05, 0) is 116 Å². The van der Waals surface area contributed by atoms with E-state index in [9.17, 15) is 0 Å². The second-order valence-electron chi connectivity index (χ2n) is 25.1. The molecule has 9 aliphatic carbocycles. The van der Waals surface area contributed by atoms with Crippen molar-refractivity contribution in [1.29, 1.82) is 0 Å². The van der Waals surface area contributed by atoms with Gasteiger partial charge in [0.25, 0.3) is 6.79 Å². The van der Waals surface area contributed by atoms with Crippen LogP contribution in [0.3, 0.4) is 0 Å². The third-order valence-corrected chi connectivity index (χ3v) is 22.6. The van der Waals surface area contributed by atoms with E-state index in [1.807, 2.05) is 0 Å². The summed E-state index contributed by atoms with van der Waals surface area (Å²) in [7, 11) is -3.49. The van der Waals surface area contributed by atoms with E-state index in [0.717, 1.165) is 0 Å². The van der Waals surface area contributed by atoms with Crippen molar-refractivity contribution in [3.63, 3.8) is 0 Å². The molecule has 0 atom stereocenters. The topological polar surface area (TPSA) is 100 Å². The smallest absolute Gasteiger partial charge is 0.309 e. The van der Waals surface area contributed by atoms with Crippen molar-refractivity contribution in [2.45, 2.75) is 402 Å². The Kier molecular flexibility index (Phi) is 41.5. The molecular weight excluding hydrogens is 1080 g/mol. The van der Waals surface area contributed by atoms with Crippen LogP contribution in [0.15, 0.2) is 0 Å². The van der Waals surface area contributed by atoms with Crippen LogP contribution in [-0.2, 0) is 62.0 Å². The number of hydrogen-bond acceptors (Lipinski definition) is 10. The molecule has 9 saturated carbocycles. The second kappa shape index (κ2) is 46.3. The average Bonchev–Trinajstić information content (AvgIpc) is 4.25. The van der Waals surface area contributed by atoms with E-state index in [-0.39, 0.29) is 16.5 Å². The first-order chi connectivity index (χ1) is 38.2. The molecule has 0 aliphatic heterocycles. The van der Waals surface area contributed by atoms with E-state index in [4.69, 9.17) is 45.5 Å². The van der Waals surface area contributed by atoms with Gasteiger partial charge in [-0.1, -0.05) is 231 Å². The minimum Gasteiger partial charge on any atom is -0.309 e. The number of hydrogen-bond donors (Lipinski definition) is 0. The summed E-state index contributed by atoms with van der Waals surface area (Å²) in [4.78, 5) is 7.50. The van der Waals surface area contributed by atoms with E-state index in [1.165, 1.54) is 347 Å². The van der Waals surface area contributed by atoms with E-state index in [0.29, 0.717) is 54.9 Å². The molecule has 14 heteroatoms. The Morgan fingerprint density at radius 3 is 0.321 bits per heavy atom. The largest absolute Gasteiger partial charge is 0.333 e. The zero-order valence-electron chi connectivity index (χ0n) is 49.6. The summed E-state index contributed by atoms with van der Waals surface area (Å²) in [5.74, 6) is 0. The Morgan fingerprint density at radius 2 is 0.244 bits per heavy atom. The predicted octanol–water partition coefficient (Wildman–Crippen LogP) is 21.9. The molecule has 0 aromatic heterocycles. The maximum absolute atomic E-state index is 7.50. The molecular formula is C64H117NiO10P3. The van der Waals surface area contributed by atoms with Gasteiger partial charge in [0.2, 0.25) is 0 Å². The van der Waals surface area contributed by atoms with E-state index in [1.54, 1.807) is 0 Å². The average molecular weight is 1200 g/mol. The molecule has 0 aromatic carbocycles. The Hall–Kier alpha value is 1.09. The van der Waals surface area contributed by atoms with Crippen molar-refractivity contribution in [2.24, 2.45) is 0 Å². The van der Waals surface area contributed by atoms with E-state index >= 15 is 0 Å². The van der Waals surface area contributed by atoms with Crippen molar-refractivity contribution >= 4 is 32.6 Å². The summed E-state index contributed by atoms with van der Waals surface area (Å²) in [5.41, 5.74) is 0. The molecule has 0 heterocycles. The summed E-state index contributed by atoms with van der Waals surface area (Å²) in [6, 6.07) is 0. The molecule has 0 unspecified atom stereocenters. The Bertz CT molecular complexity index is 1010. The summed E-state index contributed by atoms with van der Waals surface area (Å²) < 4.78 is 58.3. The molecule has 9 rings (SSSR count). The quantitative estimate of drug-likeness (QED) is 0.0749. The Labute approximate surface area is 493 Å². The van der Waals surface area contributed by atoms with Crippen LogP contribution in [0.5, 0.6) is 0 Å². The van der Waals surface area contributed by atoms with Gasteiger partial charge in [-0.2, -0.15) is 0 Å². The van der Waals surface area contributed by atoms with Gasteiger partial charge < -0.3 is 40.7 Å². The first kappa shape index (κ1) is 69.9. The molecule has 458 valence electrons. The molecule has 2 radical (unpaired) electrons. The molecule has 0 amide bonds. The van der Waals surface area contributed by atoms with Crippen molar-refractivity contribution in [3.05, 3.63) is 0 Å². The van der Waals surface area contributed by atoms with Crippen LogP contribution >= 0.6 is 25.8 Å². The van der Waals surface area contributed by atoms with Crippen molar-refractivity contribution in [3.8, 4) is 0 Å². The van der Waals surface area contributed by atoms with E-state index in [2.05, 4.69) is 6.79 Å². The van der Waals surface area contributed by atoms with Crippen molar-refractivity contribution < 1.29 is 62.0 Å². The third kappa shape index (κ3) is 32.0. The normalized spacial score (nSPS) is 25.3. The third-order valence-electron chi connectivity index (χ3n) is 18.3. The van der Waals surface area contributed by atoms with Crippen LogP contribution in [-0.4, -0.2) is 61.7 Å². The fraction of sp³-hybridized carbons (Fsp3) is 0.984. The monoisotopic (exact) mass is 1200 g/mol. The van der Waals surface area contributed by atoms with Crippen LogP contribution in [0.25, 0.3) is 0 Å².